The number of nitrogens with one attached hydrogen (secondary N) is 3. The normalized spacial score (nSPS) is 11.3. The minimum atomic E-state index is -4.36. The number of anilines is 4. The molecule has 3 aromatic rings. The molecular formula is C19H18F3N5S2. The minimum absolute atomic E-state index is 0.466. The molecular weight excluding hydrogens is 419 g/mol. The van der Waals surface area contributed by atoms with Gasteiger partial charge in [0.25, 0.3) is 0 Å². The van der Waals surface area contributed by atoms with E-state index in [4.69, 9.17) is 0 Å². The summed E-state index contributed by atoms with van der Waals surface area (Å²) in [7, 11) is 1.85. The fourth-order valence-corrected chi connectivity index (χ4v) is 3.57. The number of nitrogens with zero attached hydrogens (tertiary/aromatic N) is 2. The van der Waals surface area contributed by atoms with Crippen molar-refractivity contribution >= 4 is 46.7 Å². The first-order valence-electron chi connectivity index (χ1n) is 8.44. The molecule has 0 fully saturated rings. The van der Waals surface area contributed by atoms with E-state index >= 15 is 0 Å². The van der Waals surface area contributed by atoms with E-state index in [1.807, 2.05) is 31.5 Å². The number of hydrogen-bond acceptors (Lipinski definition) is 7. The van der Waals surface area contributed by atoms with Gasteiger partial charge in [-0.15, -0.1) is 11.8 Å². The number of benzene rings is 2. The van der Waals surface area contributed by atoms with E-state index in [0.717, 1.165) is 27.6 Å². The Morgan fingerprint density at radius 2 is 1.59 bits per heavy atom. The third kappa shape index (κ3) is 5.78. The molecule has 0 spiro atoms. The van der Waals surface area contributed by atoms with Crippen LogP contribution in [0.5, 0.6) is 0 Å². The number of rotatable bonds is 7. The molecule has 0 amide bonds. The van der Waals surface area contributed by atoms with Crippen LogP contribution in [0, 0.1) is 0 Å². The third-order valence-electron chi connectivity index (χ3n) is 3.81. The van der Waals surface area contributed by atoms with Crippen molar-refractivity contribution in [3.05, 3.63) is 60.4 Å². The van der Waals surface area contributed by atoms with Gasteiger partial charge in [0.2, 0.25) is 0 Å². The molecule has 29 heavy (non-hydrogen) atoms. The lowest BCUT2D eigenvalue weighted by Gasteiger charge is -2.13. The van der Waals surface area contributed by atoms with E-state index in [1.54, 1.807) is 17.8 Å². The zero-order chi connectivity index (χ0) is 20.9. The lowest BCUT2D eigenvalue weighted by atomic mass is 10.2. The van der Waals surface area contributed by atoms with Crippen LogP contribution in [0.4, 0.5) is 36.2 Å². The van der Waals surface area contributed by atoms with E-state index in [0.29, 0.717) is 17.3 Å². The van der Waals surface area contributed by atoms with Crippen LogP contribution in [0.3, 0.4) is 0 Å². The molecule has 0 radical (unpaired) electrons. The zero-order valence-electron chi connectivity index (χ0n) is 15.5. The molecule has 2 aromatic carbocycles. The highest BCUT2D eigenvalue weighted by Gasteiger charge is 2.29. The highest BCUT2D eigenvalue weighted by molar-refractivity contribution is 7.98. The van der Waals surface area contributed by atoms with Gasteiger partial charge in [-0.05, 0) is 67.7 Å². The van der Waals surface area contributed by atoms with Gasteiger partial charge < -0.3 is 10.6 Å². The number of aromatic nitrogens is 2. The predicted molar refractivity (Wildman–Crippen MR) is 113 cm³/mol. The Bertz CT molecular complexity index is 965. The van der Waals surface area contributed by atoms with Crippen LogP contribution in [0.15, 0.2) is 64.6 Å². The second kappa shape index (κ2) is 9.38. The molecule has 1 aromatic heterocycles. The molecule has 0 bridgehead atoms. The Morgan fingerprint density at radius 3 is 2.21 bits per heavy atom. The molecule has 1 heterocycles. The Labute approximate surface area is 175 Å². The summed E-state index contributed by atoms with van der Waals surface area (Å²) in [5.74, 6) is 1.03. The molecule has 0 saturated carbocycles. The van der Waals surface area contributed by atoms with Crippen molar-refractivity contribution in [2.24, 2.45) is 0 Å². The number of alkyl halides is 3. The average Bonchev–Trinajstić information content (AvgIpc) is 2.68. The molecule has 0 aliphatic heterocycles. The second-order valence-electron chi connectivity index (χ2n) is 5.78. The Balaban J connectivity index is 1.77. The summed E-state index contributed by atoms with van der Waals surface area (Å²) in [6, 6.07) is 12.5. The molecule has 5 nitrogen and oxygen atoms in total. The summed E-state index contributed by atoms with van der Waals surface area (Å²) in [5, 5.41) is 6.27. The van der Waals surface area contributed by atoms with Crippen LogP contribution in [0.25, 0.3) is 0 Å². The SMILES string of the molecule is CNSc1ccc(SC)c(Nc2cc(Nc3ccc(C(F)(F)F)cc3)ncn2)c1. The first kappa shape index (κ1) is 21.3. The Morgan fingerprint density at radius 1 is 0.897 bits per heavy atom. The van der Waals surface area contributed by atoms with Gasteiger partial charge in [-0.2, -0.15) is 13.2 Å². The van der Waals surface area contributed by atoms with Gasteiger partial charge in [0.15, 0.2) is 0 Å². The topological polar surface area (TPSA) is 61.9 Å². The molecule has 0 unspecified atom stereocenters. The number of thioether (sulfide) groups is 1. The summed E-state index contributed by atoms with van der Waals surface area (Å²) in [4.78, 5) is 10.5. The van der Waals surface area contributed by atoms with Crippen LogP contribution < -0.4 is 15.4 Å². The van der Waals surface area contributed by atoms with E-state index < -0.39 is 11.7 Å². The van der Waals surface area contributed by atoms with Crippen LogP contribution >= 0.6 is 23.7 Å². The van der Waals surface area contributed by atoms with Gasteiger partial charge in [-0.1, -0.05) is 0 Å². The van der Waals surface area contributed by atoms with Crippen molar-refractivity contribution < 1.29 is 13.2 Å². The Kier molecular flexibility index (Phi) is 6.88. The Hall–Kier alpha value is -2.43. The molecule has 3 rings (SSSR count). The summed E-state index contributed by atoms with van der Waals surface area (Å²) in [6.45, 7) is 0. The molecule has 152 valence electrons. The summed E-state index contributed by atoms with van der Waals surface area (Å²) < 4.78 is 41.1. The van der Waals surface area contributed by atoms with Gasteiger partial charge in [-0.3, -0.25) is 4.72 Å². The van der Waals surface area contributed by atoms with E-state index in [-0.39, 0.29) is 0 Å². The van der Waals surface area contributed by atoms with Crippen molar-refractivity contribution in [2.75, 3.05) is 23.9 Å². The van der Waals surface area contributed by atoms with Crippen molar-refractivity contribution in [1.29, 1.82) is 0 Å². The van der Waals surface area contributed by atoms with Gasteiger partial charge in [-0.25, -0.2) is 9.97 Å². The van der Waals surface area contributed by atoms with Gasteiger partial charge in [0.1, 0.15) is 18.0 Å². The first-order valence-corrected chi connectivity index (χ1v) is 10.5. The zero-order valence-corrected chi connectivity index (χ0v) is 17.2. The first-order chi connectivity index (χ1) is 13.9. The quantitative estimate of drug-likeness (QED) is 0.313. The van der Waals surface area contributed by atoms with Crippen molar-refractivity contribution in [3.8, 4) is 0 Å². The summed E-state index contributed by atoms with van der Waals surface area (Å²) >= 11 is 3.11. The maximum atomic E-state index is 12.7. The monoisotopic (exact) mass is 437 g/mol. The fourth-order valence-electron chi connectivity index (χ4n) is 2.49. The van der Waals surface area contributed by atoms with Crippen molar-refractivity contribution in [1.82, 2.24) is 14.7 Å². The summed E-state index contributed by atoms with van der Waals surface area (Å²) in [5.41, 5.74) is 0.703. The van der Waals surface area contributed by atoms with Gasteiger partial charge in [0, 0.05) is 21.5 Å². The largest absolute Gasteiger partial charge is 0.416 e. The molecule has 10 heteroatoms. The van der Waals surface area contributed by atoms with Crippen molar-refractivity contribution in [2.45, 2.75) is 16.0 Å². The molecule has 3 N–H and O–H groups in total. The highest BCUT2D eigenvalue weighted by atomic mass is 32.2. The maximum absolute atomic E-state index is 12.7. The minimum Gasteiger partial charge on any atom is -0.340 e. The van der Waals surface area contributed by atoms with Crippen LogP contribution in [0.1, 0.15) is 5.56 Å². The highest BCUT2D eigenvalue weighted by Crippen LogP contribution is 2.32. The van der Waals surface area contributed by atoms with Gasteiger partial charge >= 0.3 is 6.18 Å². The fraction of sp³-hybridized carbons (Fsp3) is 0.158. The molecule has 0 atom stereocenters. The van der Waals surface area contributed by atoms with Crippen molar-refractivity contribution in [3.63, 3.8) is 0 Å². The molecule has 0 saturated heterocycles. The maximum Gasteiger partial charge on any atom is 0.416 e. The van der Waals surface area contributed by atoms with E-state index in [2.05, 4.69) is 25.3 Å². The summed E-state index contributed by atoms with van der Waals surface area (Å²) in [6.07, 6.45) is -0.984. The van der Waals surface area contributed by atoms with Crippen LogP contribution in [0.2, 0.25) is 0 Å². The smallest absolute Gasteiger partial charge is 0.340 e. The van der Waals surface area contributed by atoms with Crippen LogP contribution in [-0.2, 0) is 6.18 Å². The van der Waals surface area contributed by atoms with E-state index in [9.17, 15) is 13.2 Å². The number of hydrogen-bond donors (Lipinski definition) is 3. The average molecular weight is 438 g/mol. The lowest BCUT2D eigenvalue weighted by molar-refractivity contribution is -0.137. The number of halogens is 3. The lowest BCUT2D eigenvalue weighted by Crippen LogP contribution is -2.04. The molecule has 0 aliphatic carbocycles. The van der Waals surface area contributed by atoms with Crippen LogP contribution in [-0.4, -0.2) is 23.3 Å². The molecule has 0 aliphatic rings. The second-order valence-corrected chi connectivity index (χ2v) is 7.71. The third-order valence-corrected chi connectivity index (χ3v) is 5.29. The predicted octanol–water partition coefficient (Wildman–Crippen LogP) is 5.93. The standard InChI is InChI=1S/C19H18F3N5S2/c1-23-29-14-7-8-16(28-2)15(9-14)27-18-10-17(24-11-25-18)26-13-5-3-12(4-6-13)19(20,21)22/h3-11,23H,1-2H3,(H2,24,25,26,27). The van der Waals surface area contributed by atoms with E-state index in [1.165, 1.54) is 30.4 Å². The van der Waals surface area contributed by atoms with Gasteiger partial charge in [0.05, 0.1) is 11.3 Å².